The van der Waals surface area contributed by atoms with Gasteiger partial charge in [0.1, 0.15) is 5.38 Å². The third kappa shape index (κ3) is 2.93. The molecule has 0 saturated carbocycles. The van der Waals surface area contributed by atoms with Crippen molar-refractivity contribution in [2.75, 3.05) is 0 Å². The van der Waals surface area contributed by atoms with E-state index in [-0.39, 0.29) is 12.1 Å². The normalized spacial score (nSPS) is 12.1. The number of benzene rings is 1. The minimum atomic E-state index is -1.10. The van der Waals surface area contributed by atoms with Gasteiger partial charge in [0.25, 0.3) is 5.69 Å². The summed E-state index contributed by atoms with van der Waals surface area (Å²) in [4.78, 5) is 20.6. The van der Waals surface area contributed by atoms with Crippen molar-refractivity contribution in [1.29, 1.82) is 0 Å². The Hall–Kier alpha value is -1.62. The Morgan fingerprint density at radius 3 is 2.69 bits per heavy atom. The van der Waals surface area contributed by atoms with Gasteiger partial charge in [-0.2, -0.15) is 0 Å². The van der Waals surface area contributed by atoms with E-state index in [2.05, 4.69) is 0 Å². The summed E-state index contributed by atoms with van der Waals surface area (Å²) in [7, 11) is 0. The van der Waals surface area contributed by atoms with Gasteiger partial charge in [0.15, 0.2) is 0 Å². The monoisotopic (exact) mass is 243 g/mol. The van der Waals surface area contributed by atoms with Crippen molar-refractivity contribution in [2.45, 2.75) is 18.7 Å². The molecule has 0 bridgehead atoms. The molecule has 1 unspecified atom stereocenters. The van der Waals surface area contributed by atoms with Crippen LogP contribution in [0, 0.1) is 17.0 Å². The van der Waals surface area contributed by atoms with E-state index in [4.69, 9.17) is 16.7 Å². The van der Waals surface area contributed by atoms with Crippen LogP contribution in [0.25, 0.3) is 0 Å². The summed E-state index contributed by atoms with van der Waals surface area (Å²) in [6, 6.07) is 4.45. The summed E-state index contributed by atoms with van der Waals surface area (Å²) in [5.74, 6) is -1.10. The second-order valence-electron chi connectivity index (χ2n) is 3.39. The first-order valence-corrected chi connectivity index (χ1v) is 4.96. The predicted octanol–water partition coefficient (Wildman–Crippen LogP) is 2.14. The summed E-state index contributed by atoms with van der Waals surface area (Å²) in [6.45, 7) is 1.60. The van der Waals surface area contributed by atoms with Gasteiger partial charge in [-0.15, -0.1) is 11.6 Å². The van der Waals surface area contributed by atoms with Crippen molar-refractivity contribution in [3.63, 3.8) is 0 Å². The smallest absolute Gasteiger partial charge is 0.321 e. The van der Waals surface area contributed by atoms with E-state index in [9.17, 15) is 14.9 Å². The average molecular weight is 244 g/mol. The summed E-state index contributed by atoms with van der Waals surface area (Å²) in [5.41, 5.74) is 1.19. The highest BCUT2D eigenvalue weighted by molar-refractivity contribution is 6.29. The highest BCUT2D eigenvalue weighted by Crippen LogP contribution is 2.20. The van der Waals surface area contributed by atoms with E-state index < -0.39 is 16.3 Å². The molecule has 0 aromatic heterocycles. The summed E-state index contributed by atoms with van der Waals surface area (Å²) in [5, 5.41) is 18.2. The van der Waals surface area contributed by atoms with Crippen LogP contribution in [0.3, 0.4) is 0 Å². The second-order valence-corrected chi connectivity index (χ2v) is 3.91. The zero-order chi connectivity index (χ0) is 12.3. The molecule has 0 saturated heterocycles. The lowest BCUT2D eigenvalue weighted by Crippen LogP contribution is -2.16. The Balaban J connectivity index is 2.89. The topological polar surface area (TPSA) is 80.4 Å². The zero-order valence-electron chi connectivity index (χ0n) is 8.51. The van der Waals surface area contributed by atoms with Gasteiger partial charge in [0.2, 0.25) is 0 Å². The van der Waals surface area contributed by atoms with Crippen molar-refractivity contribution in [3.8, 4) is 0 Å². The lowest BCUT2D eigenvalue weighted by molar-refractivity contribution is -0.385. The SMILES string of the molecule is Cc1cc(CC(Cl)C(=O)O)ccc1[N+](=O)[O-]. The van der Waals surface area contributed by atoms with Crippen molar-refractivity contribution in [1.82, 2.24) is 0 Å². The van der Waals surface area contributed by atoms with Gasteiger partial charge in [-0.05, 0) is 25.0 Å². The number of aryl methyl sites for hydroxylation is 1. The van der Waals surface area contributed by atoms with E-state index >= 15 is 0 Å². The highest BCUT2D eigenvalue weighted by atomic mass is 35.5. The van der Waals surface area contributed by atoms with Crippen LogP contribution >= 0.6 is 11.6 Å². The van der Waals surface area contributed by atoms with Crippen molar-refractivity contribution in [2.24, 2.45) is 0 Å². The molecule has 1 rings (SSSR count). The third-order valence-corrected chi connectivity index (χ3v) is 2.48. The van der Waals surface area contributed by atoms with Gasteiger partial charge >= 0.3 is 5.97 Å². The fourth-order valence-corrected chi connectivity index (χ4v) is 1.52. The minimum absolute atomic E-state index is 0.0187. The molecule has 0 amide bonds. The molecule has 5 nitrogen and oxygen atoms in total. The molecule has 1 aromatic carbocycles. The lowest BCUT2D eigenvalue weighted by atomic mass is 10.1. The molecule has 0 aliphatic rings. The number of alkyl halides is 1. The maximum atomic E-state index is 10.5. The number of aliphatic carboxylic acids is 1. The number of carbonyl (C=O) groups is 1. The number of carboxylic acids is 1. The Morgan fingerprint density at radius 1 is 1.62 bits per heavy atom. The van der Waals surface area contributed by atoms with Gasteiger partial charge in [0, 0.05) is 11.6 Å². The molecule has 0 radical (unpaired) electrons. The van der Waals surface area contributed by atoms with Crippen LogP contribution in [-0.2, 0) is 11.2 Å². The van der Waals surface area contributed by atoms with Gasteiger partial charge in [-0.3, -0.25) is 14.9 Å². The van der Waals surface area contributed by atoms with Crippen LogP contribution in [-0.4, -0.2) is 21.4 Å². The predicted molar refractivity (Wildman–Crippen MR) is 58.8 cm³/mol. The molecule has 1 atom stereocenters. The molecule has 86 valence electrons. The number of rotatable bonds is 4. The molecule has 0 heterocycles. The summed E-state index contributed by atoms with van der Waals surface area (Å²) >= 11 is 5.57. The highest BCUT2D eigenvalue weighted by Gasteiger charge is 2.16. The molecule has 1 N–H and O–H groups in total. The number of hydrogen-bond donors (Lipinski definition) is 1. The van der Waals surface area contributed by atoms with Crippen LogP contribution < -0.4 is 0 Å². The number of hydrogen-bond acceptors (Lipinski definition) is 3. The standard InChI is InChI=1S/C10H10ClNO4/c1-6-4-7(5-8(11)10(13)14)2-3-9(6)12(15)16/h2-4,8H,5H2,1H3,(H,13,14). The number of nitro benzene ring substituents is 1. The summed E-state index contributed by atoms with van der Waals surface area (Å²) < 4.78 is 0. The maximum Gasteiger partial charge on any atom is 0.321 e. The quantitative estimate of drug-likeness (QED) is 0.499. The number of halogens is 1. The molecule has 6 heteroatoms. The molecular weight excluding hydrogens is 234 g/mol. The van der Waals surface area contributed by atoms with E-state index in [1.54, 1.807) is 13.0 Å². The molecule has 0 aliphatic carbocycles. The number of nitrogens with zero attached hydrogens (tertiary/aromatic N) is 1. The molecular formula is C10H10ClNO4. The first kappa shape index (κ1) is 12.4. The van der Waals surface area contributed by atoms with Gasteiger partial charge < -0.3 is 5.11 Å². The third-order valence-electron chi connectivity index (χ3n) is 2.14. The maximum absolute atomic E-state index is 10.5. The minimum Gasteiger partial charge on any atom is -0.480 e. The Kier molecular flexibility index (Phi) is 3.84. The molecule has 16 heavy (non-hydrogen) atoms. The van der Waals surface area contributed by atoms with Crippen molar-refractivity contribution >= 4 is 23.3 Å². The van der Waals surface area contributed by atoms with Gasteiger partial charge in [0.05, 0.1) is 4.92 Å². The van der Waals surface area contributed by atoms with Gasteiger partial charge in [-0.25, -0.2) is 0 Å². The van der Waals surface area contributed by atoms with E-state index in [1.165, 1.54) is 12.1 Å². The van der Waals surface area contributed by atoms with Gasteiger partial charge in [-0.1, -0.05) is 6.07 Å². The largest absolute Gasteiger partial charge is 0.480 e. The molecule has 1 aromatic rings. The Labute approximate surface area is 96.8 Å². The molecule has 0 aliphatic heterocycles. The van der Waals surface area contributed by atoms with E-state index in [0.717, 1.165) is 0 Å². The molecule has 0 fully saturated rings. The number of carboxylic acid groups (broad SMARTS) is 1. The molecule has 0 spiro atoms. The Bertz CT molecular complexity index is 433. The first-order chi connectivity index (χ1) is 7.41. The van der Waals surface area contributed by atoms with Crippen molar-refractivity contribution < 1.29 is 14.8 Å². The fourth-order valence-electron chi connectivity index (χ4n) is 1.34. The number of nitro groups is 1. The van der Waals surface area contributed by atoms with E-state index in [0.29, 0.717) is 11.1 Å². The van der Waals surface area contributed by atoms with Crippen molar-refractivity contribution in [3.05, 3.63) is 39.4 Å². The lowest BCUT2D eigenvalue weighted by Gasteiger charge is -2.05. The summed E-state index contributed by atoms with van der Waals surface area (Å²) in [6.07, 6.45) is 0.149. The van der Waals surface area contributed by atoms with Crippen LogP contribution in [0.4, 0.5) is 5.69 Å². The fraction of sp³-hybridized carbons (Fsp3) is 0.300. The Morgan fingerprint density at radius 2 is 2.25 bits per heavy atom. The zero-order valence-corrected chi connectivity index (χ0v) is 9.27. The van der Waals surface area contributed by atoms with Crippen LogP contribution in [0.1, 0.15) is 11.1 Å². The van der Waals surface area contributed by atoms with Crippen LogP contribution in [0.5, 0.6) is 0 Å². The van der Waals surface area contributed by atoms with Crippen LogP contribution in [0.2, 0.25) is 0 Å². The first-order valence-electron chi connectivity index (χ1n) is 4.52. The second kappa shape index (κ2) is 4.94. The average Bonchev–Trinajstić information content (AvgIpc) is 2.16. The van der Waals surface area contributed by atoms with E-state index in [1.807, 2.05) is 0 Å². The van der Waals surface area contributed by atoms with Crippen LogP contribution in [0.15, 0.2) is 18.2 Å².